The lowest BCUT2D eigenvalue weighted by Crippen LogP contribution is -2.43. The minimum atomic E-state index is -0.220. The van der Waals surface area contributed by atoms with E-state index in [2.05, 4.69) is 10.6 Å². The van der Waals surface area contributed by atoms with E-state index in [-0.39, 0.29) is 24.7 Å². The normalized spacial score (nSPS) is 13.7. The molecule has 0 bridgehead atoms. The molecule has 106 valence electrons. The molecule has 1 aromatic rings. The largest absolute Gasteiger partial charge is 0.396 e. The highest BCUT2D eigenvalue weighted by Gasteiger charge is 2.12. The monoisotopic (exact) mass is 284 g/mol. The molecule has 0 aliphatic rings. The summed E-state index contributed by atoms with van der Waals surface area (Å²) in [5.74, 6) is 0. The van der Waals surface area contributed by atoms with Gasteiger partial charge in [0.05, 0.1) is 6.04 Å². The zero-order valence-electron chi connectivity index (χ0n) is 11.3. The second-order valence-electron chi connectivity index (χ2n) is 4.51. The van der Waals surface area contributed by atoms with Crippen LogP contribution in [0, 0.1) is 0 Å². The molecule has 1 rings (SSSR count). The summed E-state index contributed by atoms with van der Waals surface area (Å²) in [6.45, 7) is 3.96. The van der Waals surface area contributed by atoms with Gasteiger partial charge in [-0.3, -0.25) is 0 Å². The van der Waals surface area contributed by atoms with Gasteiger partial charge in [-0.2, -0.15) is 0 Å². The van der Waals surface area contributed by atoms with Crippen molar-refractivity contribution in [3.63, 3.8) is 0 Å². The molecule has 0 heterocycles. The van der Waals surface area contributed by atoms with E-state index in [0.29, 0.717) is 11.4 Å². The van der Waals surface area contributed by atoms with E-state index in [1.54, 1.807) is 12.1 Å². The number of urea groups is 1. The average Bonchev–Trinajstić information content (AvgIpc) is 2.38. The second-order valence-corrected chi connectivity index (χ2v) is 4.94. The van der Waals surface area contributed by atoms with E-state index in [9.17, 15) is 4.79 Å². The number of halogens is 1. The Morgan fingerprint density at radius 2 is 1.95 bits per heavy atom. The Balaban J connectivity index is 2.49. The van der Waals surface area contributed by atoms with Crippen molar-refractivity contribution in [1.82, 2.24) is 10.6 Å². The van der Waals surface area contributed by atoms with Crippen LogP contribution in [0.25, 0.3) is 0 Å². The summed E-state index contributed by atoms with van der Waals surface area (Å²) >= 11 is 5.82. The number of hydrogen-bond acceptors (Lipinski definition) is 2. The zero-order valence-corrected chi connectivity index (χ0v) is 12.1. The van der Waals surface area contributed by atoms with Gasteiger partial charge < -0.3 is 15.7 Å². The Hall–Kier alpha value is -1.26. The van der Waals surface area contributed by atoms with Gasteiger partial charge in [0.25, 0.3) is 0 Å². The fraction of sp³-hybridized carbons (Fsp3) is 0.500. The van der Waals surface area contributed by atoms with Gasteiger partial charge in [-0.1, -0.05) is 30.7 Å². The first-order valence-corrected chi connectivity index (χ1v) is 6.88. The third-order valence-electron chi connectivity index (χ3n) is 3.02. The topological polar surface area (TPSA) is 61.4 Å². The van der Waals surface area contributed by atoms with Crippen molar-refractivity contribution in [2.45, 2.75) is 38.8 Å². The van der Waals surface area contributed by atoms with Crippen LogP contribution in [-0.2, 0) is 0 Å². The molecular weight excluding hydrogens is 264 g/mol. The summed E-state index contributed by atoms with van der Waals surface area (Å²) in [4.78, 5) is 11.8. The number of carbonyl (C=O) groups excluding carboxylic acids is 1. The summed E-state index contributed by atoms with van der Waals surface area (Å²) in [5, 5.41) is 15.3. The van der Waals surface area contributed by atoms with Crippen LogP contribution in [0.5, 0.6) is 0 Å². The first kappa shape index (κ1) is 15.8. The standard InChI is InChI=1S/C14H21ClN2O2/c1-3-13(8-9-18)17-14(19)16-10(2)11-4-6-12(15)7-5-11/h4-7,10,13,18H,3,8-9H2,1-2H3,(H2,16,17,19). The molecule has 0 saturated carbocycles. The van der Waals surface area contributed by atoms with Crippen molar-refractivity contribution in [2.75, 3.05) is 6.61 Å². The molecule has 3 N–H and O–H groups in total. The molecule has 5 heteroatoms. The van der Waals surface area contributed by atoms with Gasteiger partial charge in [0.15, 0.2) is 0 Å². The second kappa shape index (κ2) is 8.02. The van der Waals surface area contributed by atoms with E-state index in [0.717, 1.165) is 12.0 Å². The fourth-order valence-corrected chi connectivity index (χ4v) is 1.92. The summed E-state index contributed by atoms with van der Waals surface area (Å²) in [6.07, 6.45) is 1.36. The highest BCUT2D eigenvalue weighted by molar-refractivity contribution is 6.30. The van der Waals surface area contributed by atoms with E-state index >= 15 is 0 Å². The molecule has 0 aliphatic heterocycles. The lowest BCUT2D eigenvalue weighted by atomic mass is 10.1. The molecular formula is C14H21ClN2O2. The van der Waals surface area contributed by atoms with Gasteiger partial charge in [0, 0.05) is 17.7 Å². The number of nitrogens with one attached hydrogen (secondary N) is 2. The minimum absolute atomic E-state index is 0.00224. The molecule has 2 atom stereocenters. The number of carbonyl (C=O) groups is 1. The molecule has 4 nitrogen and oxygen atoms in total. The first-order valence-electron chi connectivity index (χ1n) is 6.50. The smallest absolute Gasteiger partial charge is 0.315 e. The Morgan fingerprint density at radius 1 is 1.32 bits per heavy atom. The van der Waals surface area contributed by atoms with Gasteiger partial charge in [-0.25, -0.2) is 4.79 Å². The highest BCUT2D eigenvalue weighted by Crippen LogP contribution is 2.15. The molecule has 0 radical (unpaired) electrons. The molecule has 19 heavy (non-hydrogen) atoms. The molecule has 2 unspecified atom stereocenters. The number of rotatable bonds is 6. The lowest BCUT2D eigenvalue weighted by molar-refractivity contribution is 0.225. The maximum absolute atomic E-state index is 11.8. The maximum atomic E-state index is 11.8. The van der Waals surface area contributed by atoms with Crippen LogP contribution in [0.1, 0.15) is 38.3 Å². The molecule has 0 spiro atoms. The minimum Gasteiger partial charge on any atom is -0.396 e. The quantitative estimate of drug-likeness (QED) is 0.752. The third-order valence-corrected chi connectivity index (χ3v) is 3.28. The maximum Gasteiger partial charge on any atom is 0.315 e. The number of benzene rings is 1. The number of hydrogen-bond donors (Lipinski definition) is 3. The Bertz CT molecular complexity index is 395. The summed E-state index contributed by atoms with van der Waals surface area (Å²) in [5.41, 5.74) is 0.995. The van der Waals surface area contributed by atoms with Gasteiger partial charge >= 0.3 is 6.03 Å². The van der Waals surface area contributed by atoms with Crippen LogP contribution < -0.4 is 10.6 Å². The highest BCUT2D eigenvalue weighted by atomic mass is 35.5. The van der Waals surface area contributed by atoms with Crippen molar-refractivity contribution in [1.29, 1.82) is 0 Å². The lowest BCUT2D eigenvalue weighted by Gasteiger charge is -2.19. The summed E-state index contributed by atoms with van der Waals surface area (Å²) in [6, 6.07) is 7.06. The van der Waals surface area contributed by atoms with Crippen LogP contribution in [0.15, 0.2) is 24.3 Å². The predicted octanol–water partition coefficient (Wildman–Crippen LogP) is 2.86. The first-order chi connectivity index (χ1) is 9.06. The number of aliphatic hydroxyl groups excluding tert-OH is 1. The van der Waals surface area contributed by atoms with Crippen LogP contribution in [0.2, 0.25) is 5.02 Å². The van der Waals surface area contributed by atoms with Crippen molar-refractivity contribution >= 4 is 17.6 Å². The Morgan fingerprint density at radius 3 is 2.47 bits per heavy atom. The average molecular weight is 285 g/mol. The van der Waals surface area contributed by atoms with E-state index < -0.39 is 0 Å². The molecule has 0 aliphatic carbocycles. The molecule has 0 aromatic heterocycles. The van der Waals surface area contributed by atoms with Crippen LogP contribution >= 0.6 is 11.6 Å². The number of aliphatic hydroxyl groups is 1. The molecule has 2 amide bonds. The van der Waals surface area contributed by atoms with Crippen LogP contribution in [-0.4, -0.2) is 23.8 Å². The van der Waals surface area contributed by atoms with E-state index in [1.807, 2.05) is 26.0 Å². The Kier molecular flexibility index (Phi) is 6.67. The fourth-order valence-electron chi connectivity index (χ4n) is 1.79. The van der Waals surface area contributed by atoms with Crippen molar-refractivity contribution in [3.8, 4) is 0 Å². The Labute approximate surface area is 119 Å². The van der Waals surface area contributed by atoms with E-state index in [4.69, 9.17) is 16.7 Å². The summed E-state index contributed by atoms with van der Waals surface area (Å²) < 4.78 is 0. The molecule has 1 aromatic carbocycles. The van der Waals surface area contributed by atoms with Gasteiger partial charge in [0.1, 0.15) is 0 Å². The molecule has 0 saturated heterocycles. The predicted molar refractivity (Wildman–Crippen MR) is 77.3 cm³/mol. The van der Waals surface area contributed by atoms with Crippen LogP contribution in [0.3, 0.4) is 0 Å². The van der Waals surface area contributed by atoms with Crippen molar-refractivity contribution in [3.05, 3.63) is 34.9 Å². The van der Waals surface area contributed by atoms with Gasteiger partial charge in [0.2, 0.25) is 0 Å². The summed E-state index contributed by atoms with van der Waals surface area (Å²) in [7, 11) is 0. The molecule has 0 fully saturated rings. The van der Waals surface area contributed by atoms with Gasteiger partial charge in [-0.15, -0.1) is 0 Å². The number of amides is 2. The van der Waals surface area contributed by atoms with Gasteiger partial charge in [-0.05, 0) is 37.5 Å². The van der Waals surface area contributed by atoms with E-state index in [1.165, 1.54) is 0 Å². The van der Waals surface area contributed by atoms with Crippen LogP contribution in [0.4, 0.5) is 4.79 Å². The zero-order chi connectivity index (χ0) is 14.3. The van der Waals surface area contributed by atoms with Crippen molar-refractivity contribution < 1.29 is 9.90 Å². The SMILES string of the molecule is CCC(CCO)NC(=O)NC(C)c1ccc(Cl)cc1. The third kappa shape index (κ3) is 5.49. The van der Waals surface area contributed by atoms with Crippen molar-refractivity contribution in [2.24, 2.45) is 0 Å².